The molecule has 22 heavy (non-hydrogen) atoms. The molecule has 3 rings (SSSR count). The Morgan fingerprint density at radius 3 is 2.45 bits per heavy atom. The number of phenolic OH excluding ortho intramolecular Hbond substituents is 1. The molecule has 0 spiro atoms. The average molecular weight is 313 g/mol. The molecule has 0 bridgehead atoms. The SMILES string of the molecule is CN(/N=C/c1ccc(O)cc1)c1nnc(Cl)c2ccccc12. The molecule has 0 aliphatic heterocycles. The number of aromatic hydroxyl groups is 1. The van der Waals surface area contributed by atoms with Crippen LogP contribution in [-0.4, -0.2) is 28.6 Å². The summed E-state index contributed by atoms with van der Waals surface area (Å²) in [4.78, 5) is 0. The van der Waals surface area contributed by atoms with E-state index in [-0.39, 0.29) is 5.75 Å². The van der Waals surface area contributed by atoms with Gasteiger partial charge in [0.25, 0.3) is 0 Å². The fourth-order valence-corrected chi connectivity index (χ4v) is 2.27. The average Bonchev–Trinajstić information content (AvgIpc) is 2.55. The molecule has 0 saturated heterocycles. The van der Waals surface area contributed by atoms with E-state index >= 15 is 0 Å². The fraction of sp³-hybridized carbons (Fsp3) is 0.0625. The third kappa shape index (κ3) is 2.84. The van der Waals surface area contributed by atoms with Crippen LogP contribution >= 0.6 is 11.6 Å². The molecule has 0 unspecified atom stereocenters. The highest BCUT2D eigenvalue weighted by molar-refractivity contribution is 6.34. The number of halogens is 1. The van der Waals surface area contributed by atoms with Crippen LogP contribution in [0, 0.1) is 0 Å². The van der Waals surface area contributed by atoms with E-state index < -0.39 is 0 Å². The summed E-state index contributed by atoms with van der Waals surface area (Å²) in [5, 5.41) is 25.4. The van der Waals surface area contributed by atoms with Gasteiger partial charge < -0.3 is 5.11 Å². The van der Waals surface area contributed by atoms with Crippen LogP contribution in [0.2, 0.25) is 5.15 Å². The van der Waals surface area contributed by atoms with Gasteiger partial charge in [-0.25, -0.2) is 5.01 Å². The topological polar surface area (TPSA) is 61.6 Å². The summed E-state index contributed by atoms with van der Waals surface area (Å²) in [6.07, 6.45) is 1.69. The molecule has 1 N–H and O–H groups in total. The lowest BCUT2D eigenvalue weighted by Crippen LogP contribution is -2.12. The van der Waals surface area contributed by atoms with E-state index in [9.17, 15) is 5.11 Å². The fourth-order valence-electron chi connectivity index (χ4n) is 2.06. The van der Waals surface area contributed by atoms with Gasteiger partial charge in [-0.2, -0.15) is 5.10 Å². The van der Waals surface area contributed by atoms with E-state index in [1.54, 1.807) is 42.5 Å². The zero-order valence-corrected chi connectivity index (χ0v) is 12.6. The third-order valence-corrected chi connectivity index (χ3v) is 3.48. The number of hydrogen-bond donors (Lipinski definition) is 1. The second-order valence-corrected chi connectivity index (χ2v) is 5.08. The molecule has 0 atom stereocenters. The van der Waals surface area contributed by atoms with E-state index in [0.29, 0.717) is 11.0 Å². The Labute approximate surface area is 132 Å². The molecular formula is C16H13ClN4O. The van der Waals surface area contributed by atoms with Crippen molar-refractivity contribution < 1.29 is 5.11 Å². The van der Waals surface area contributed by atoms with E-state index in [1.807, 2.05) is 24.3 Å². The number of nitrogens with zero attached hydrogens (tertiary/aromatic N) is 4. The van der Waals surface area contributed by atoms with Crippen LogP contribution in [-0.2, 0) is 0 Å². The highest BCUT2D eigenvalue weighted by atomic mass is 35.5. The monoisotopic (exact) mass is 312 g/mol. The van der Waals surface area contributed by atoms with Crippen LogP contribution in [0.1, 0.15) is 5.56 Å². The van der Waals surface area contributed by atoms with E-state index in [4.69, 9.17) is 11.6 Å². The Hall–Kier alpha value is -2.66. The predicted molar refractivity (Wildman–Crippen MR) is 88.7 cm³/mol. The first-order chi connectivity index (χ1) is 10.6. The van der Waals surface area contributed by atoms with Crippen molar-refractivity contribution in [2.45, 2.75) is 0 Å². The first kappa shape index (κ1) is 14.3. The smallest absolute Gasteiger partial charge is 0.179 e. The number of anilines is 1. The molecule has 0 saturated carbocycles. The van der Waals surface area contributed by atoms with Crippen LogP contribution in [0.4, 0.5) is 5.82 Å². The Bertz CT molecular complexity index is 833. The lowest BCUT2D eigenvalue weighted by molar-refractivity contribution is 0.475. The minimum Gasteiger partial charge on any atom is -0.508 e. The minimum atomic E-state index is 0.222. The highest BCUT2D eigenvalue weighted by Gasteiger charge is 2.10. The van der Waals surface area contributed by atoms with Gasteiger partial charge >= 0.3 is 0 Å². The highest BCUT2D eigenvalue weighted by Crippen LogP contribution is 2.27. The Balaban J connectivity index is 1.94. The molecule has 1 heterocycles. The predicted octanol–water partition coefficient (Wildman–Crippen LogP) is 3.46. The number of rotatable bonds is 3. The normalized spacial score (nSPS) is 11.2. The van der Waals surface area contributed by atoms with Crippen molar-refractivity contribution in [3.05, 3.63) is 59.2 Å². The lowest BCUT2D eigenvalue weighted by Gasteiger charge is -2.13. The Morgan fingerprint density at radius 2 is 1.73 bits per heavy atom. The van der Waals surface area contributed by atoms with Crippen LogP contribution < -0.4 is 5.01 Å². The van der Waals surface area contributed by atoms with E-state index in [0.717, 1.165) is 16.3 Å². The van der Waals surface area contributed by atoms with Gasteiger partial charge in [0.05, 0.1) is 6.21 Å². The molecule has 6 heteroatoms. The number of fused-ring (bicyclic) bond motifs is 1. The number of aromatic nitrogens is 2. The second kappa shape index (κ2) is 5.99. The van der Waals surface area contributed by atoms with Crippen LogP contribution in [0.5, 0.6) is 5.75 Å². The zero-order valence-electron chi connectivity index (χ0n) is 11.8. The van der Waals surface area contributed by atoms with Crippen LogP contribution in [0.25, 0.3) is 10.8 Å². The van der Waals surface area contributed by atoms with Crippen LogP contribution in [0.15, 0.2) is 53.6 Å². The molecule has 2 aromatic carbocycles. The molecule has 0 fully saturated rings. The van der Waals surface area contributed by atoms with Crippen molar-refractivity contribution in [2.75, 3.05) is 12.1 Å². The molecule has 1 aromatic heterocycles. The lowest BCUT2D eigenvalue weighted by atomic mass is 10.2. The van der Waals surface area contributed by atoms with Crippen molar-refractivity contribution >= 4 is 34.4 Å². The quantitative estimate of drug-likeness (QED) is 0.594. The number of phenols is 1. The summed E-state index contributed by atoms with van der Waals surface area (Å²) in [5.74, 6) is 0.843. The van der Waals surface area contributed by atoms with Crippen molar-refractivity contribution in [2.24, 2.45) is 5.10 Å². The number of hydrazone groups is 1. The van der Waals surface area contributed by atoms with Gasteiger partial charge in [0.15, 0.2) is 11.0 Å². The maximum absolute atomic E-state index is 9.27. The molecule has 5 nitrogen and oxygen atoms in total. The summed E-state index contributed by atoms with van der Waals surface area (Å²) >= 11 is 6.07. The molecule has 0 radical (unpaired) electrons. The largest absolute Gasteiger partial charge is 0.508 e. The minimum absolute atomic E-state index is 0.222. The van der Waals surface area contributed by atoms with E-state index in [2.05, 4.69) is 15.3 Å². The molecule has 3 aromatic rings. The maximum Gasteiger partial charge on any atom is 0.179 e. The van der Waals surface area contributed by atoms with Gasteiger partial charge in [-0.3, -0.25) is 0 Å². The molecule has 0 aliphatic carbocycles. The summed E-state index contributed by atoms with van der Waals surface area (Å²) < 4.78 is 0. The Morgan fingerprint density at radius 1 is 1.05 bits per heavy atom. The maximum atomic E-state index is 9.27. The zero-order chi connectivity index (χ0) is 15.5. The standard InChI is InChI=1S/C16H13ClN4O/c1-21(18-10-11-6-8-12(22)9-7-11)16-14-5-3-2-4-13(14)15(17)19-20-16/h2-10,22H,1H3/b18-10+. The molecular weight excluding hydrogens is 300 g/mol. The summed E-state index contributed by atoms with van der Waals surface area (Å²) in [7, 11) is 1.79. The van der Waals surface area contributed by atoms with Crippen LogP contribution in [0.3, 0.4) is 0 Å². The van der Waals surface area contributed by atoms with Gasteiger partial charge in [-0.15, -0.1) is 10.2 Å². The molecule has 0 aliphatic rings. The first-order valence-electron chi connectivity index (χ1n) is 6.63. The molecule has 110 valence electrons. The van der Waals surface area contributed by atoms with Crippen molar-refractivity contribution in [3.8, 4) is 5.75 Å². The van der Waals surface area contributed by atoms with Gasteiger partial charge in [-0.1, -0.05) is 35.9 Å². The third-order valence-electron chi connectivity index (χ3n) is 3.20. The summed E-state index contributed by atoms with van der Waals surface area (Å²) in [6.45, 7) is 0. The van der Waals surface area contributed by atoms with Gasteiger partial charge in [-0.05, 0) is 29.8 Å². The summed E-state index contributed by atoms with van der Waals surface area (Å²) in [6, 6.07) is 14.4. The molecule has 0 amide bonds. The Kier molecular flexibility index (Phi) is 3.89. The van der Waals surface area contributed by atoms with Gasteiger partial charge in [0, 0.05) is 17.8 Å². The van der Waals surface area contributed by atoms with E-state index in [1.165, 1.54) is 0 Å². The number of benzene rings is 2. The van der Waals surface area contributed by atoms with Gasteiger partial charge in [0.1, 0.15) is 5.75 Å². The first-order valence-corrected chi connectivity index (χ1v) is 7.00. The van der Waals surface area contributed by atoms with Crippen molar-refractivity contribution in [3.63, 3.8) is 0 Å². The summed E-state index contributed by atoms with van der Waals surface area (Å²) in [5.41, 5.74) is 0.871. The van der Waals surface area contributed by atoms with Crippen molar-refractivity contribution in [1.82, 2.24) is 10.2 Å². The van der Waals surface area contributed by atoms with Crippen molar-refractivity contribution in [1.29, 1.82) is 0 Å². The second-order valence-electron chi connectivity index (χ2n) is 4.72. The number of hydrogen-bond acceptors (Lipinski definition) is 5. The van der Waals surface area contributed by atoms with Gasteiger partial charge in [0.2, 0.25) is 0 Å².